The van der Waals surface area contributed by atoms with Crippen molar-refractivity contribution in [3.63, 3.8) is 0 Å². The van der Waals surface area contributed by atoms with Gasteiger partial charge in [-0.1, -0.05) is 23.7 Å². The molecule has 154 valence electrons. The number of aromatic nitrogens is 1. The van der Waals surface area contributed by atoms with Gasteiger partial charge in [-0.05, 0) is 67.0 Å². The minimum atomic E-state index is -0.229. The Morgan fingerprint density at radius 3 is 2.72 bits per heavy atom. The lowest BCUT2D eigenvalue weighted by Crippen LogP contribution is -2.41. The average molecular weight is 434 g/mol. The first-order chi connectivity index (χ1) is 14.0. The normalized spacial score (nSPS) is 11.0. The van der Waals surface area contributed by atoms with E-state index in [0.29, 0.717) is 36.4 Å². The van der Waals surface area contributed by atoms with Gasteiger partial charge in [0.1, 0.15) is 5.82 Å². The number of hydrogen-bond donors (Lipinski definition) is 2. The minimum Gasteiger partial charge on any atom is -0.383 e. The zero-order valence-electron chi connectivity index (χ0n) is 16.6. The molecule has 2 N–H and O–H groups in total. The summed E-state index contributed by atoms with van der Waals surface area (Å²) in [6.07, 6.45) is 0.745. The molecule has 0 atom stereocenters. The Bertz CT molecular complexity index is 974. The minimum absolute atomic E-state index is 0.229. The van der Waals surface area contributed by atoms with Crippen LogP contribution in [0.25, 0.3) is 10.9 Å². The van der Waals surface area contributed by atoms with Crippen molar-refractivity contribution in [3.05, 3.63) is 70.1 Å². The molecule has 3 rings (SSSR count). The molecule has 0 unspecified atom stereocenters. The lowest BCUT2D eigenvalue weighted by Gasteiger charge is -2.26. The summed E-state index contributed by atoms with van der Waals surface area (Å²) in [5.41, 5.74) is 4.23. The number of nitrogens with one attached hydrogen (secondary N) is 2. The summed E-state index contributed by atoms with van der Waals surface area (Å²) in [6, 6.07) is 12.6. The number of nitrogens with zero attached hydrogens (tertiary/aromatic N) is 1. The Morgan fingerprint density at radius 1 is 1.24 bits per heavy atom. The van der Waals surface area contributed by atoms with Gasteiger partial charge in [0, 0.05) is 48.4 Å². The van der Waals surface area contributed by atoms with Crippen LogP contribution >= 0.6 is 23.8 Å². The highest BCUT2D eigenvalue weighted by atomic mass is 35.5. The highest BCUT2D eigenvalue weighted by Gasteiger charge is 2.14. The fourth-order valence-electron chi connectivity index (χ4n) is 3.36. The van der Waals surface area contributed by atoms with Gasteiger partial charge in [0.05, 0.1) is 6.61 Å². The van der Waals surface area contributed by atoms with E-state index in [1.165, 1.54) is 6.07 Å². The Morgan fingerprint density at radius 2 is 2.00 bits per heavy atom. The fraction of sp³-hybridized carbons (Fsp3) is 0.318. The smallest absolute Gasteiger partial charge is 0.169 e. The van der Waals surface area contributed by atoms with E-state index in [4.69, 9.17) is 28.6 Å². The van der Waals surface area contributed by atoms with Crippen LogP contribution in [0.3, 0.4) is 0 Å². The SMILES string of the molecule is COCCNC(=S)N(CCc1c(C)[nH]c2ccc(F)cc12)Cc1ccc(Cl)cc1. The third-order valence-electron chi connectivity index (χ3n) is 4.87. The second-order valence-electron chi connectivity index (χ2n) is 6.94. The second kappa shape index (κ2) is 10.1. The molecule has 0 radical (unpaired) electrons. The molecule has 0 fully saturated rings. The third kappa shape index (κ3) is 5.69. The van der Waals surface area contributed by atoms with Gasteiger partial charge in [0.25, 0.3) is 0 Å². The number of benzene rings is 2. The maximum atomic E-state index is 13.8. The molecule has 0 bridgehead atoms. The lowest BCUT2D eigenvalue weighted by molar-refractivity contribution is 0.203. The first-order valence-corrected chi connectivity index (χ1v) is 10.3. The van der Waals surface area contributed by atoms with Crippen molar-refractivity contribution in [1.82, 2.24) is 15.2 Å². The summed E-state index contributed by atoms with van der Waals surface area (Å²) >= 11 is 11.6. The molecule has 0 aliphatic carbocycles. The van der Waals surface area contributed by atoms with E-state index in [-0.39, 0.29) is 5.82 Å². The largest absolute Gasteiger partial charge is 0.383 e. The highest BCUT2D eigenvalue weighted by molar-refractivity contribution is 7.80. The molecule has 0 saturated heterocycles. The van der Waals surface area contributed by atoms with Crippen LogP contribution in [0, 0.1) is 12.7 Å². The van der Waals surface area contributed by atoms with Crippen LogP contribution in [0.2, 0.25) is 5.02 Å². The summed E-state index contributed by atoms with van der Waals surface area (Å²) in [5, 5.41) is 5.54. The fourth-order valence-corrected chi connectivity index (χ4v) is 3.74. The zero-order valence-corrected chi connectivity index (χ0v) is 18.2. The molecule has 2 aromatic carbocycles. The van der Waals surface area contributed by atoms with E-state index in [1.54, 1.807) is 19.2 Å². The maximum Gasteiger partial charge on any atom is 0.169 e. The molecule has 0 saturated carbocycles. The topological polar surface area (TPSA) is 40.3 Å². The van der Waals surface area contributed by atoms with Crippen LogP contribution in [0.5, 0.6) is 0 Å². The van der Waals surface area contributed by atoms with E-state index < -0.39 is 0 Å². The Labute approximate surface area is 181 Å². The van der Waals surface area contributed by atoms with Crippen LogP contribution < -0.4 is 5.32 Å². The standard InChI is InChI=1S/C22H25ClFN3OS/c1-15-19(20-13-18(24)7-8-21(20)26-15)9-11-27(22(29)25-10-12-28-2)14-16-3-5-17(23)6-4-16/h3-8,13,26H,9-12,14H2,1-2H3,(H,25,29). The molecule has 0 aliphatic heterocycles. The third-order valence-corrected chi connectivity index (χ3v) is 5.52. The highest BCUT2D eigenvalue weighted by Crippen LogP contribution is 2.24. The van der Waals surface area contributed by atoms with Crippen LogP contribution in [-0.2, 0) is 17.7 Å². The molecular weight excluding hydrogens is 409 g/mol. The number of methoxy groups -OCH3 is 1. The number of hydrogen-bond acceptors (Lipinski definition) is 2. The molecule has 7 heteroatoms. The predicted octanol–water partition coefficient (Wildman–Crippen LogP) is 4.83. The van der Waals surface area contributed by atoms with Crippen molar-refractivity contribution in [2.24, 2.45) is 0 Å². The number of thiocarbonyl (C=S) groups is 1. The first-order valence-electron chi connectivity index (χ1n) is 9.51. The molecule has 0 aliphatic rings. The van der Waals surface area contributed by atoms with E-state index in [0.717, 1.165) is 34.1 Å². The summed E-state index contributed by atoms with van der Waals surface area (Å²) < 4.78 is 18.9. The number of aromatic amines is 1. The van der Waals surface area contributed by atoms with Crippen molar-refractivity contribution in [2.75, 3.05) is 26.8 Å². The molecule has 0 spiro atoms. The summed E-state index contributed by atoms with van der Waals surface area (Å²) in [7, 11) is 1.66. The lowest BCUT2D eigenvalue weighted by atomic mass is 10.1. The molecule has 29 heavy (non-hydrogen) atoms. The zero-order chi connectivity index (χ0) is 20.8. The summed E-state index contributed by atoms with van der Waals surface area (Å²) in [6.45, 7) is 4.60. The van der Waals surface area contributed by atoms with Gasteiger partial charge >= 0.3 is 0 Å². The van der Waals surface area contributed by atoms with Crippen LogP contribution in [-0.4, -0.2) is 41.8 Å². The van der Waals surface area contributed by atoms with Crippen molar-refractivity contribution >= 4 is 39.8 Å². The van der Waals surface area contributed by atoms with Gasteiger partial charge < -0.3 is 19.9 Å². The van der Waals surface area contributed by atoms with Crippen molar-refractivity contribution in [1.29, 1.82) is 0 Å². The first kappa shape index (κ1) is 21.6. The van der Waals surface area contributed by atoms with E-state index >= 15 is 0 Å². The summed E-state index contributed by atoms with van der Waals surface area (Å²) in [5.74, 6) is -0.229. The monoisotopic (exact) mass is 433 g/mol. The number of aryl methyl sites for hydroxylation is 1. The summed E-state index contributed by atoms with van der Waals surface area (Å²) in [4.78, 5) is 5.46. The molecule has 4 nitrogen and oxygen atoms in total. The number of fused-ring (bicyclic) bond motifs is 1. The van der Waals surface area contributed by atoms with Crippen LogP contribution in [0.1, 0.15) is 16.8 Å². The Hall–Kier alpha value is -2.15. The van der Waals surface area contributed by atoms with Crippen molar-refractivity contribution in [2.45, 2.75) is 19.9 Å². The Balaban J connectivity index is 1.77. The quantitative estimate of drug-likeness (QED) is 0.394. The van der Waals surface area contributed by atoms with Gasteiger partial charge in [0.15, 0.2) is 5.11 Å². The van der Waals surface area contributed by atoms with Gasteiger partial charge in [-0.15, -0.1) is 0 Å². The Kier molecular flexibility index (Phi) is 7.47. The molecule has 0 amide bonds. The average Bonchev–Trinajstić information content (AvgIpc) is 3.01. The van der Waals surface area contributed by atoms with Gasteiger partial charge in [-0.25, -0.2) is 4.39 Å². The van der Waals surface area contributed by atoms with Crippen LogP contribution in [0.15, 0.2) is 42.5 Å². The second-order valence-corrected chi connectivity index (χ2v) is 7.76. The molecule has 1 heterocycles. The van der Waals surface area contributed by atoms with Crippen LogP contribution in [0.4, 0.5) is 4.39 Å². The van der Waals surface area contributed by atoms with Gasteiger partial charge in [-0.2, -0.15) is 0 Å². The predicted molar refractivity (Wildman–Crippen MR) is 121 cm³/mol. The number of ether oxygens (including phenoxy) is 1. The molecular formula is C22H25ClFN3OS. The number of halogens is 2. The number of H-pyrrole nitrogens is 1. The molecule has 3 aromatic rings. The van der Waals surface area contributed by atoms with Gasteiger partial charge in [-0.3, -0.25) is 0 Å². The number of rotatable bonds is 8. The van der Waals surface area contributed by atoms with E-state index in [9.17, 15) is 4.39 Å². The van der Waals surface area contributed by atoms with E-state index in [1.807, 2.05) is 31.2 Å². The van der Waals surface area contributed by atoms with Crippen molar-refractivity contribution < 1.29 is 9.13 Å². The molecule has 1 aromatic heterocycles. The van der Waals surface area contributed by atoms with E-state index in [2.05, 4.69) is 15.2 Å². The van der Waals surface area contributed by atoms with Crippen molar-refractivity contribution in [3.8, 4) is 0 Å². The van der Waals surface area contributed by atoms with Gasteiger partial charge in [0.2, 0.25) is 0 Å². The maximum absolute atomic E-state index is 13.8.